The van der Waals surface area contributed by atoms with Gasteiger partial charge in [-0.05, 0) is 0 Å². The number of hydrogen-bond donors (Lipinski definition) is 4. The maximum atomic E-state index is 9.76. The number of aliphatic hydroxyl groups is 3. The van der Waals surface area contributed by atoms with Crippen molar-refractivity contribution in [3.8, 4) is 5.88 Å². The molecule has 4 atom stereocenters. The van der Waals surface area contributed by atoms with E-state index in [1.165, 1.54) is 6.33 Å². The molecule has 0 aromatic carbocycles. The highest BCUT2D eigenvalue weighted by Gasteiger charge is 2.44. The average molecular weight is 284 g/mol. The molecule has 1 unspecified atom stereocenters. The lowest BCUT2D eigenvalue weighted by Gasteiger charge is -2.16. The fourth-order valence-corrected chi connectivity index (χ4v) is 1.94. The van der Waals surface area contributed by atoms with E-state index in [1.807, 2.05) is 0 Å². The minimum Gasteiger partial charge on any atom is -0.492 e. The number of nitrogens with zero attached hydrogens (tertiary/aromatic N) is 4. The second-order valence-corrected chi connectivity index (χ2v) is 4.25. The minimum absolute atomic E-state index is 0.124. The number of imidazole rings is 1. The third kappa shape index (κ3) is 1.94. The molecule has 1 fully saturated rings. The monoisotopic (exact) mass is 284 g/mol. The summed E-state index contributed by atoms with van der Waals surface area (Å²) < 4.78 is 6.24. The summed E-state index contributed by atoms with van der Waals surface area (Å²) >= 11 is 0. The molecule has 1 saturated heterocycles. The van der Waals surface area contributed by atoms with Gasteiger partial charge in [-0.1, -0.05) is 0 Å². The van der Waals surface area contributed by atoms with Gasteiger partial charge in [-0.25, -0.2) is 9.97 Å². The number of hydrogen-bond acceptors (Lipinski definition) is 9. The number of aromatic hydroxyl groups is 1. The minimum atomic E-state index is -1.33. The molecule has 0 bridgehead atoms. The first kappa shape index (κ1) is 13.0. The van der Waals surface area contributed by atoms with Crippen LogP contribution in [0.2, 0.25) is 0 Å². The molecule has 108 valence electrons. The van der Waals surface area contributed by atoms with Crippen LogP contribution in [0.5, 0.6) is 5.88 Å². The molecular weight excluding hydrogens is 272 g/mol. The zero-order chi connectivity index (χ0) is 14.3. The first-order valence-corrected chi connectivity index (χ1v) is 5.78. The summed E-state index contributed by atoms with van der Waals surface area (Å²) in [4.78, 5) is 16.6. The largest absolute Gasteiger partial charge is 0.492 e. The van der Waals surface area contributed by atoms with E-state index < -0.39 is 31.2 Å². The molecule has 4 N–H and O–H groups in total. The Kier molecular flexibility index (Phi) is 3.14. The second-order valence-electron chi connectivity index (χ2n) is 4.25. The molecule has 2 aromatic heterocycles. The molecular formula is C10H12N4O6. The smallest absolute Gasteiger partial charge is 0.254 e. The van der Waals surface area contributed by atoms with Crippen LogP contribution in [0.3, 0.4) is 0 Å². The molecule has 1 aliphatic rings. The molecule has 0 spiro atoms. The normalized spacial score (nSPS) is 29.9. The van der Waals surface area contributed by atoms with E-state index in [0.29, 0.717) is 0 Å². The quantitative estimate of drug-likeness (QED) is 0.477. The van der Waals surface area contributed by atoms with Crippen LogP contribution in [0.4, 0.5) is 0 Å². The fraction of sp³-hybridized carbons (Fsp3) is 0.500. The van der Waals surface area contributed by atoms with Crippen LogP contribution in [-0.2, 0) is 4.74 Å². The predicted molar refractivity (Wildman–Crippen MR) is 61.3 cm³/mol. The Morgan fingerprint density at radius 1 is 1.25 bits per heavy atom. The van der Waals surface area contributed by atoms with Crippen LogP contribution in [0, 0.1) is 0 Å². The Balaban J connectivity index is 1.85. The Hall–Kier alpha value is -2.01. The van der Waals surface area contributed by atoms with Crippen LogP contribution in [0.1, 0.15) is 0 Å². The topological polar surface area (TPSA) is 143 Å². The van der Waals surface area contributed by atoms with Crippen LogP contribution in [0.25, 0.3) is 11.2 Å². The number of fused-ring (bicyclic) bond motifs is 1. The lowest BCUT2D eigenvalue weighted by Crippen LogP contribution is -2.38. The molecule has 3 heterocycles. The summed E-state index contributed by atoms with van der Waals surface area (Å²) in [6.07, 6.45) is -2.39. The Morgan fingerprint density at radius 2 is 2.05 bits per heavy atom. The number of aromatic nitrogens is 4. The van der Waals surface area contributed by atoms with Gasteiger partial charge in [0.15, 0.2) is 5.52 Å². The summed E-state index contributed by atoms with van der Waals surface area (Å²) in [5, 5.41) is 37.8. The third-order valence-corrected chi connectivity index (χ3v) is 3.00. The first-order chi connectivity index (χ1) is 9.61. The van der Waals surface area contributed by atoms with Gasteiger partial charge in [0.05, 0.1) is 6.61 Å². The van der Waals surface area contributed by atoms with Crippen molar-refractivity contribution >= 4 is 11.2 Å². The van der Waals surface area contributed by atoms with Crippen LogP contribution < -0.4 is 4.84 Å². The Morgan fingerprint density at radius 3 is 2.75 bits per heavy atom. The lowest BCUT2D eigenvalue weighted by atomic mass is 10.1. The summed E-state index contributed by atoms with van der Waals surface area (Å²) in [6.45, 7) is -0.453. The van der Waals surface area contributed by atoms with Gasteiger partial charge in [0, 0.05) is 0 Å². The molecule has 0 saturated carbocycles. The lowest BCUT2D eigenvalue weighted by molar-refractivity contribution is -0.169. The van der Waals surface area contributed by atoms with E-state index in [9.17, 15) is 15.3 Å². The van der Waals surface area contributed by atoms with Crippen LogP contribution in [-0.4, -0.2) is 71.3 Å². The zero-order valence-corrected chi connectivity index (χ0v) is 10.1. The predicted octanol–water partition coefficient (Wildman–Crippen LogP) is -2.60. The maximum Gasteiger partial charge on any atom is 0.254 e. The van der Waals surface area contributed by atoms with Crippen molar-refractivity contribution in [2.75, 3.05) is 6.61 Å². The highest BCUT2D eigenvalue weighted by molar-refractivity contribution is 5.75. The number of ether oxygens (including phenoxy) is 1. The number of rotatable bonds is 3. The fourth-order valence-electron chi connectivity index (χ4n) is 1.94. The molecule has 0 radical (unpaired) electrons. The standard InChI is InChI=1S/C10H12N4O6/c15-1-4-6(16)7(17)10(19-4)20-14-3-13-5-8(14)11-2-12-9(5)18/h2-4,6-7,10,15-17H,1H2,(H,11,12,18)/t4-,6-,7-,10?/m1/s1. The highest BCUT2D eigenvalue weighted by atomic mass is 16.8. The van der Waals surface area contributed by atoms with Crippen molar-refractivity contribution in [1.29, 1.82) is 0 Å². The van der Waals surface area contributed by atoms with Gasteiger partial charge in [0.25, 0.3) is 6.29 Å². The zero-order valence-electron chi connectivity index (χ0n) is 10.1. The molecule has 20 heavy (non-hydrogen) atoms. The van der Waals surface area contributed by atoms with Crippen molar-refractivity contribution in [2.24, 2.45) is 0 Å². The molecule has 2 aromatic rings. The van der Waals surface area contributed by atoms with Crippen molar-refractivity contribution in [3.05, 3.63) is 12.7 Å². The van der Waals surface area contributed by atoms with E-state index in [-0.39, 0.29) is 17.0 Å². The van der Waals surface area contributed by atoms with Crippen molar-refractivity contribution in [1.82, 2.24) is 19.7 Å². The van der Waals surface area contributed by atoms with Crippen molar-refractivity contribution < 1.29 is 30.0 Å². The van der Waals surface area contributed by atoms with Gasteiger partial charge in [0.1, 0.15) is 31.0 Å². The molecule has 3 rings (SSSR count). The van der Waals surface area contributed by atoms with E-state index in [0.717, 1.165) is 11.1 Å². The molecule has 10 heteroatoms. The van der Waals surface area contributed by atoms with E-state index in [2.05, 4.69) is 15.0 Å². The first-order valence-electron chi connectivity index (χ1n) is 5.78. The van der Waals surface area contributed by atoms with Gasteiger partial charge in [-0.3, -0.25) is 0 Å². The van der Waals surface area contributed by atoms with E-state index in [1.54, 1.807) is 0 Å². The number of aliphatic hydroxyl groups excluding tert-OH is 3. The highest BCUT2D eigenvalue weighted by Crippen LogP contribution is 2.22. The van der Waals surface area contributed by atoms with Gasteiger partial charge >= 0.3 is 0 Å². The van der Waals surface area contributed by atoms with Crippen molar-refractivity contribution in [2.45, 2.75) is 24.6 Å². The van der Waals surface area contributed by atoms with E-state index in [4.69, 9.17) is 14.7 Å². The Bertz CT molecular complexity index is 619. The molecule has 1 aliphatic heterocycles. The van der Waals surface area contributed by atoms with Crippen molar-refractivity contribution in [3.63, 3.8) is 0 Å². The second kappa shape index (κ2) is 4.83. The average Bonchev–Trinajstić information content (AvgIpc) is 2.97. The van der Waals surface area contributed by atoms with Gasteiger partial charge < -0.3 is 30.0 Å². The summed E-state index contributed by atoms with van der Waals surface area (Å²) in [5.74, 6) is -0.307. The van der Waals surface area contributed by atoms with Gasteiger partial charge in [-0.15, -0.1) is 4.73 Å². The maximum absolute atomic E-state index is 9.76. The molecule has 0 amide bonds. The van der Waals surface area contributed by atoms with E-state index >= 15 is 0 Å². The molecule has 0 aliphatic carbocycles. The Labute approximate surface area is 111 Å². The van der Waals surface area contributed by atoms with Crippen LogP contribution in [0.15, 0.2) is 12.7 Å². The third-order valence-electron chi connectivity index (χ3n) is 3.00. The van der Waals surface area contributed by atoms with Gasteiger partial charge in [-0.2, -0.15) is 4.98 Å². The summed E-state index contributed by atoms with van der Waals surface area (Å²) in [5.41, 5.74) is 0.300. The van der Waals surface area contributed by atoms with Crippen LogP contribution >= 0.6 is 0 Å². The van der Waals surface area contributed by atoms with Gasteiger partial charge in [0.2, 0.25) is 11.5 Å². The molecule has 10 nitrogen and oxygen atoms in total. The summed E-state index contributed by atoms with van der Waals surface area (Å²) in [6, 6.07) is 0. The SMILES string of the molecule is OC[C@H]1OC(On2cnc3c(O)ncnc32)[C@H](O)[C@@H]1O. The summed E-state index contributed by atoms with van der Waals surface area (Å²) in [7, 11) is 0.